The Bertz CT molecular complexity index is 3020. The van der Waals surface area contributed by atoms with Gasteiger partial charge in [0.2, 0.25) is 11.8 Å². The molecule has 8 unspecified atom stereocenters. The number of aliphatic hydroxyl groups is 8. The first-order chi connectivity index (χ1) is 39.5. The normalized spacial score (nSPS) is 15.0. The Labute approximate surface area is 476 Å². The molecule has 18 heteroatoms. The van der Waals surface area contributed by atoms with Gasteiger partial charge in [-0.3, -0.25) is 9.59 Å². The molecule has 0 saturated carbocycles. The SMILES string of the molecule is Cc1c(NC(=O)NC(CO)C(O)c2ccccc2)cc(NC(=O)CC(CO)C(O)c2ccccc2)cc1C(C)(c1ccccc1)c1cc(NC(=O)CC(CO)C(O)c2ccccc2)cc(NC(=O)NC(CO)C(O)c2ccccc2)c1C. The number of hydrogen-bond donors (Lipinski definition) is 14. The molecule has 0 radical (unpaired) electrons. The van der Waals surface area contributed by atoms with Crippen LogP contribution in [-0.4, -0.2) is 103 Å². The highest BCUT2D eigenvalue weighted by Gasteiger charge is 2.38. The van der Waals surface area contributed by atoms with Crippen molar-refractivity contribution in [1.29, 1.82) is 0 Å². The number of aliphatic hydroxyl groups excluding tert-OH is 8. The summed E-state index contributed by atoms with van der Waals surface area (Å²) in [5, 5.41) is 104. The highest BCUT2D eigenvalue weighted by molar-refractivity contribution is 5.97. The zero-order valence-electron chi connectivity index (χ0n) is 45.8. The first kappa shape index (κ1) is 61.3. The molecule has 0 bridgehead atoms. The first-order valence-electron chi connectivity index (χ1n) is 26.9. The number of urea groups is 2. The quantitative estimate of drug-likeness (QED) is 0.0249. The summed E-state index contributed by atoms with van der Waals surface area (Å²) in [7, 11) is 0. The van der Waals surface area contributed by atoms with Crippen LogP contribution in [-0.2, 0) is 15.0 Å². The molecule has 7 aromatic carbocycles. The number of anilines is 4. The van der Waals surface area contributed by atoms with Gasteiger partial charge < -0.3 is 72.8 Å². The van der Waals surface area contributed by atoms with Gasteiger partial charge in [0.25, 0.3) is 0 Å². The lowest BCUT2D eigenvalue weighted by atomic mass is 9.68. The van der Waals surface area contributed by atoms with E-state index in [9.17, 15) is 60.0 Å². The predicted octanol–water partition coefficient (Wildman–Crippen LogP) is 7.43. The van der Waals surface area contributed by atoms with Gasteiger partial charge in [-0.15, -0.1) is 0 Å². The van der Waals surface area contributed by atoms with Crippen LogP contribution in [0.1, 0.15) is 94.3 Å². The third-order valence-electron chi connectivity index (χ3n) is 14.9. The van der Waals surface area contributed by atoms with E-state index >= 15 is 0 Å². The van der Waals surface area contributed by atoms with Crippen LogP contribution in [0.3, 0.4) is 0 Å². The third kappa shape index (κ3) is 15.2. The second-order valence-electron chi connectivity index (χ2n) is 20.5. The van der Waals surface area contributed by atoms with E-state index in [0.29, 0.717) is 50.1 Å². The minimum atomic E-state index is -1.36. The summed E-state index contributed by atoms with van der Waals surface area (Å²) in [5.74, 6) is -3.04. The molecule has 6 amide bonds. The van der Waals surface area contributed by atoms with Gasteiger partial charge in [0, 0.05) is 66.1 Å². The topological polar surface area (TPSA) is 302 Å². The Hall–Kier alpha value is -8.30. The molecule has 7 aromatic rings. The maximum atomic E-state index is 14.2. The molecule has 0 heterocycles. The van der Waals surface area contributed by atoms with Gasteiger partial charge in [0.15, 0.2) is 0 Å². The van der Waals surface area contributed by atoms with Gasteiger partial charge in [-0.05, 0) is 95.1 Å². The lowest BCUT2D eigenvalue weighted by molar-refractivity contribution is -0.119. The molecule has 8 atom stereocenters. The van der Waals surface area contributed by atoms with Gasteiger partial charge >= 0.3 is 12.1 Å². The summed E-state index contributed by atoms with van der Waals surface area (Å²) in [5.41, 5.74) is 3.68. The lowest BCUT2D eigenvalue weighted by Gasteiger charge is -2.36. The van der Waals surface area contributed by atoms with Crippen LogP contribution >= 0.6 is 0 Å². The van der Waals surface area contributed by atoms with E-state index in [1.807, 2.05) is 37.3 Å². The van der Waals surface area contributed by atoms with Crippen LogP contribution in [0.4, 0.5) is 32.3 Å². The molecule has 430 valence electrons. The minimum Gasteiger partial charge on any atom is -0.396 e. The number of benzene rings is 7. The molecular weight excluding hydrogens is 1040 g/mol. The largest absolute Gasteiger partial charge is 0.396 e. The Morgan fingerprint density at radius 3 is 1.02 bits per heavy atom. The average Bonchev–Trinajstić information content (AvgIpc) is 3.52. The molecule has 0 saturated heterocycles. The zero-order chi connectivity index (χ0) is 58.9. The number of rotatable bonds is 25. The molecule has 0 fully saturated rings. The molecule has 0 aliphatic heterocycles. The molecule has 0 spiro atoms. The van der Waals surface area contributed by atoms with Crippen LogP contribution in [0.2, 0.25) is 0 Å². The van der Waals surface area contributed by atoms with Crippen molar-refractivity contribution in [3.8, 4) is 0 Å². The fourth-order valence-corrected chi connectivity index (χ4v) is 10.3. The summed E-state index contributed by atoms with van der Waals surface area (Å²) in [4.78, 5) is 56.7. The van der Waals surface area contributed by atoms with Gasteiger partial charge in [0.1, 0.15) is 12.2 Å². The lowest BCUT2D eigenvalue weighted by Crippen LogP contribution is -2.44. The maximum Gasteiger partial charge on any atom is 0.319 e. The fraction of sp³-hybridized carbons (Fsp3) is 0.281. The summed E-state index contributed by atoms with van der Waals surface area (Å²) in [6, 6.07) is 45.8. The molecule has 14 N–H and O–H groups in total. The van der Waals surface area contributed by atoms with Crippen molar-refractivity contribution in [2.75, 3.05) is 47.7 Å². The fourth-order valence-electron chi connectivity index (χ4n) is 10.3. The molecule has 7 rings (SSSR count). The molecule has 0 aliphatic carbocycles. The van der Waals surface area contributed by atoms with Crippen molar-refractivity contribution in [3.05, 3.63) is 226 Å². The van der Waals surface area contributed by atoms with Gasteiger partial charge in [-0.25, -0.2) is 9.59 Å². The maximum absolute atomic E-state index is 14.2. The molecule has 0 aromatic heterocycles. The number of hydrogen-bond acceptors (Lipinski definition) is 12. The van der Waals surface area contributed by atoms with Gasteiger partial charge in [0.05, 0.1) is 37.5 Å². The van der Waals surface area contributed by atoms with E-state index in [4.69, 9.17) is 0 Å². The molecule has 0 aliphatic rings. The molecule has 82 heavy (non-hydrogen) atoms. The van der Waals surface area contributed by atoms with E-state index in [1.165, 1.54) is 12.1 Å². The Balaban J connectivity index is 1.36. The highest BCUT2D eigenvalue weighted by Crippen LogP contribution is 2.47. The monoisotopic (exact) mass is 1120 g/mol. The first-order valence-corrected chi connectivity index (χ1v) is 26.9. The van der Waals surface area contributed by atoms with Gasteiger partial charge in [-0.2, -0.15) is 0 Å². The predicted molar refractivity (Wildman–Crippen MR) is 314 cm³/mol. The van der Waals surface area contributed by atoms with Crippen molar-refractivity contribution >= 4 is 46.6 Å². The van der Waals surface area contributed by atoms with E-state index < -0.39 is 104 Å². The highest BCUT2D eigenvalue weighted by atomic mass is 16.3. The molecule has 18 nitrogen and oxygen atoms in total. The number of carbonyl (C=O) groups is 4. The molecular formula is C64H72N6O12. The minimum absolute atomic E-state index is 0.163. The van der Waals surface area contributed by atoms with Crippen molar-refractivity contribution in [2.24, 2.45) is 11.8 Å². The Kier molecular flexibility index (Phi) is 21.6. The van der Waals surface area contributed by atoms with E-state index in [0.717, 1.165) is 0 Å². The van der Waals surface area contributed by atoms with Crippen LogP contribution in [0.5, 0.6) is 0 Å². The van der Waals surface area contributed by atoms with E-state index in [1.54, 1.807) is 147 Å². The second kappa shape index (κ2) is 28.9. The summed E-state index contributed by atoms with van der Waals surface area (Å²) in [6.45, 7) is 3.01. The van der Waals surface area contributed by atoms with E-state index in [2.05, 4.69) is 31.9 Å². The number of amides is 6. The van der Waals surface area contributed by atoms with Crippen LogP contribution in [0.15, 0.2) is 176 Å². The number of carbonyl (C=O) groups excluding carboxylic acids is 4. The number of nitrogens with one attached hydrogen (secondary N) is 6. The van der Waals surface area contributed by atoms with Crippen molar-refractivity contribution in [2.45, 2.75) is 75.5 Å². The van der Waals surface area contributed by atoms with Gasteiger partial charge in [-0.1, -0.05) is 152 Å². The smallest absolute Gasteiger partial charge is 0.319 e. The Morgan fingerprint density at radius 2 is 0.720 bits per heavy atom. The summed E-state index contributed by atoms with van der Waals surface area (Å²) < 4.78 is 0. The van der Waals surface area contributed by atoms with Crippen molar-refractivity contribution in [3.63, 3.8) is 0 Å². The Morgan fingerprint density at radius 1 is 0.415 bits per heavy atom. The summed E-state index contributed by atoms with van der Waals surface area (Å²) >= 11 is 0. The summed E-state index contributed by atoms with van der Waals surface area (Å²) in [6.07, 6.45) is -5.68. The zero-order valence-corrected chi connectivity index (χ0v) is 45.8. The van der Waals surface area contributed by atoms with Crippen molar-refractivity contribution < 1.29 is 60.0 Å². The van der Waals surface area contributed by atoms with Crippen LogP contribution < -0.4 is 31.9 Å². The third-order valence-corrected chi connectivity index (χ3v) is 14.9. The average molecular weight is 1120 g/mol. The van der Waals surface area contributed by atoms with Crippen LogP contribution in [0, 0.1) is 25.7 Å². The standard InChI is InChI=1S/C64H72N6O12/c1-39-50(31-48(65-56(75)29-45(35-71)58(77)41-19-9-4-10-20-41)33-52(39)67-62(81)69-54(37-73)60(79)43-23-13-6-14-24-43)64(3,47-27-17-8-18-28-47)51-32-49(66-57(76)30-46(36-72)59(78)42-21-11-5-12-22-42)34-53(40(51)2)68-63(82)70-55(38-74)61(80)44-25-15-7-16-26-44/h4-28,31-34,45-46,54-55,58-61,71-74,77-80H,29-30,35-38H2,1-3H3,(H,65,75)(H,66,76)(H2,67,69,81)(H2,68,70,82). The van der Waals surface area contributed by atoms with Crippen LogP contribution in [0.25, 0.3) is 0 Å². The van der Waals surface area contributed by atoms with Crippen molar-refractivity contribution in [1.82, 2.24) is 10.6 Å². The van der Waals surface area contributed by atoms with E-state index in [-0.39, 0.29) is 35.6 Å². The second-order valence-corrected chi connectivity index (χ2v) is 20.5.